The second kappa shape index (κ2) is 9.88. The van der Waals surface area contributed by atoms with Crippen LogP contribution in [0.4, 0.5) is 10.1 Å². The SMILES string of the molecule is Cc1nn(Cc2cccc(F)c2)c(C)c1NC(=O)c1cccc(COc2cccc(Cl)c2)c1. The summed E-state index contributed by atoms with van der Waals surface area (Å²) in [5.74, 6) is 0.132. The van der Waals surface area contributed by atoms with Crippen molar-refractivity contribution < 1.29 is 13.9 Å². The van der Waals surface area contributed by atoms with Gasteiger partial charge in [-0.15, -0.1) is 0 Å². The molecule has 5 nitrogen and oxygen atoms in total. The summed E-state index contributed by atoms with van der Waals surface area (Å²) in [5, 5.41) is 8.09. The monoisotopic (exact) mass is 463 g/mol. The lowest BCUT2D eigenvalue weighted by molar-refractivity contribution is 0.102. The van der Waals surface area contributed by atoms with E-state index in [1.165, 1.54) is 12.1 Å². The van der Waals surface area contributed by atoms with Gasteiger partial charge in [0.15, 0.2) is 0 Å². The Labute approximate surface area is 196 Å². The molecule has 4 aromatic rings. The molecule has 1 aromatic heterocycles. The molecule has 7 heteroatoms. The number of benzene rings is 3. The van der Waals surface area contributed by atoms with Gasteiger partial charge in [0, 0.05) is 10.6 Å². The van der Waals surface area contributed by atoms with E-state index in [0.717, 1.165) is 16.8 Å². The van der Waals surface area contributed by atoms with Crippen LogP contribution in [0.25, 0.3) is 0 Å². The molecular formula is C26H23ClFN3O2. The molecule has 0 aliphatic carbocycles. The third-order valence-electron chi connectivity index (χ3n) is 5.23. The Balaban J connectivity index is 1.46. The number of carbonyl (C=O) groups is 1. The maximum atomic E-state index is 13.5. The minimum Gasteiger partial charge on any atom is -0.489 e. The number of ether oxygens (including phenoxy) is 1. The number of nitrogens with one attached hydrogen (secondary N) is 1. The lowest BCUT2D eigenvalue weighted by Gasteiger charge is -2.10. The minimum atomic E-state index is -0.290. The molecule has 0 unspecified atom stereocenters. The first kappa shape index (κ1) is 22.6. The zero-order valence-corrected chi connectivity index (χ0v) is 19.1. The number of anilines is 1. The molecular weight excluding hydrogens is 441 g/mol. The smallest absolute Gasteiger partial charge is 0.255 e. The van der Waals surface area contributed by atoms with Crippen molar-refractivity contribution in [2.45, 2.75) is 27.0 Å². The van der Waals surface area contributed by atoms with Gasteiger partial charge in [-0.25, -0.2) is 4.39 Å². The van der Waals surface area contributed by atoms with Gasteiger partial charge in [-0.05, 0) is 67.4 Å². The largest absolute Gasteiger partial charge is 0.489 e. The maximum absolute atomic E-state index is 13.5. The molecule has 0 bridgehead atoms. The lowest BCUT2D eigenvalue weighted by atomic mass is 10.1. The number of nitrogens with zero attached hydrogens (tertiary/aromatic N) is 2. The van der Waals surface area contributed by atoms with Crippen LogP contribution in [0.3, 0.4) is 0 Å². The van der Waals surface area contributed by atoms with E-state index < -0.39 is 0 Å². The number of amides is 1. The Bertz CT molecular complexity index is 1300. The number of aryl methyl sites for hydroxylation is 1. The van der Waals surface area contributed by atoms with Crippen LogP contribution >= 0.6 is 11.6 Å². The van der Waals surface area contributed by atoms with Crippen LogP contribution in [0, 0.1) is 19.7 Å². The summed E-state index contributed by atoms with van der Waals surface area (Å²) in [5.41, 5.74) is 4.31. The van der Waals surface area contributed by atoms with E-state index in [1.807, 2.05) is 44.2 Å². The quantitative estimate of drug-likeness (QED) is 0.356. The highest BCUT2D eigenvalue weighted by Gasteiger charge is 2.16. The minimum absolute atomic E-state index is 0.240. The molecule has 0 aliphatic rings. The average molecular weight is 464 g/mol. The summed E-state index contributed by atoms with van der Waals surface area (Å²) in [6, 6.07) is 20.8. The van der Waals surface area contributed by atoms with Crippen molar-refractivity contribution in [3.63, 3.8) is 0 Å². The van der Waals surface area contributed by atoms with Crippen LogP contribution in [0.15, 0.2) is 72.8 Å². The van der Waals surface area contributed by atoms with Crippen molar-refractivity contribution in [3.8, 4) is 5.75 Å². The standard InChI is InChI=1S/C26H23ClFN3O2/c1-17-25(18(2)31(30-17)15-19-6-4-10-23(28)13-19)29-26(32)21-8-3-7-20(12-21)16-33-24-11-5-9-22(27)14-24/h3-14H,15-16H2,1-2H3,(H,29,32). The lowest BCUT2D eigenvalue weighted by Crippen LogP contribution is -2.14. The first-order chi connectivity index (χ1) is 15.9. The number of carbonyl (C=O) groups excluding carboxylic acids is 1. The molecule has 0 saturated heterocycles. The fourth-order valence-electron chi connectivity index (χ4n) is 3.55. The third kappa shape index (κ3) is 5.59. The Morgan fingerprint density at radius 1 is 1.03 bits per heavy atom. The van der Waals surface area contributed by atoms with Crippen LogP contribution in [0.2, 0.25) is 5.02 Å². The second-order valence-electron chi connectivity index (χ2n) is 7.73. The number of aromatic nitrogens is 2. The molecule has 1 heterocycles. The van der Waals surface area contributed by atoms with Crippen molar-refractivity contribution in [2.75, 3.05) is 5.32 Å². The molecule has 3 aromatic carbocycles. The van der Waals surface area contributed by atoms with E-state index in [0.29, 0.717) is 40.9 Å². The predicted octanol–water partition coefficient (Wildman–Crippen LogP) is 6.17. The van der Waals surface area contributed by atoms with Crippen LogP contribution < -0.4 is 10.1 Å². The Hall–Kier alpha value is -3.64. The van der Waals surface area contributed by atoms with Crippen LogP contribution in [0.1, 0.15) is 32.9 Å². The number of hydrogen-bond acceptors (Lipinski definition) is 3. The molecule has 0 radical (unpaired) electrons. The van der Waals surface area contributed by atoms with E-state index in [-0.39, 0.29) is 11.7 Å². The van der Waals surface area contributed by atoms with Crippen LogP contribution in [0.5, 0.6) is 5.75 Å². The zero-order chi connectivity index (χ0) is 23.4. The highest BCUT2D eigenvalue weighted by Crippen LogP contribution is 2.22. The average Bonchev–Trinajstić information content (AvgIpc) is 3.05. The van der Waals surface area contributed by atoms with Gasteiger partial charge in [-0.3, -0.25) is 9.48 Å². The molecule has 0 fully saturated rings. The Morgan fingerprint density at radius 3 is 2.58 bits per heavy atom. The van der Waals surface area contributed by atoms with Crippen LogP contribution in [-0.4, -0.2) is 15.7 Å². The fraction of sp³-hybridized carbons (Fsp3) is 0.154. The van der Waals surface area contributed by atoms with E-state index in [2.05, 4.69) is 10.4 Å². The molecule has 1 amide bonds. The summed E-state index contributed by atoms with van der Waals surface area (Å²) in [4.78, 5) is 12.9. The highest BCUT2D eigenvalue weighted by atomic mass is 35.5. The van der Waals surface area contributed by atoms with Gasteiger partial charge in [0.1, 0.15) is 18.2 Å². The summed E-state index contributed by atoms with van der Waals surface area (Å²) in [7, 11) is 0. The second-order valence-corrected chi connectivity index (χ2v) is 8.17. The summed E-state index contributed by atoms with van der Waals surface area (Å²) < 4.78 is 21.1. The first-order valence-electron chi connectivity index (χ1n) is 10.5. The van der Waals surface area contributed by atoms with Gasteiger partial charge in [0.05, 0.1) is 23.6 Å². The molecule has 33 heavy (non-hydrogen) atoms. The van der Waals surface area contributed by atoms with Crippen molar-refractivity contribution in [1.29, 1.82) is 0 Å². The number of halogens is 2. The third-order valence-corrected chi connectivity index (χ3v) is 5.47. The van der Waals surface area contributed by atoms with Gasteiger partial charge in [0.25, 0.3) is 5.91 Å². The van der Waals surface area contributed by atoms with Crippen molar-refractivity contribution in [3.05, 3.63) is 112 Å². The Morgan fingerprint density at radius 2 is 1.79 bits per heavy atom. The summed E-state index contributed by atoms with van der Waals surface area (Å²) in [6.45, 7) is 4.44. The normalized spacial score (nSPS) is 10.8. The fourth-order valence-corrected chi connectivity index (χ4v) is 3.73. The van der Waals surface area contributed by atoms with E-state index in [9.17, 15) is 9.18 Å². The molecule has 1 N–H and O–H groups in total. The molecule has 4 rings (SSSR count). The number of rotatable bonds is 7. The van der Waals surface area contributed by atoms with Gasteiger partial charge in [-0.2, -0.15) is 5.10 Å². The highest BCUT2D eigenvalue weighted by molar-refractivity contribution is 6.30. The topological polar surface area (TPSA) is 56.2 Å². The van der Waals surface area contributed by atoms with Gasteiger partial charge < -0.3 is 10.1 Å². The van der Waals surface area contributed by atoms with Gasteiger partial charge >= 0.3 is 0 Å². The van der Waals surface area contributed by atoms with Crippen molar-refractivity contribution >= 4 is 23.2 Å². The summed E-state index contributed by atoms with van der Waals surface area (Å²) >= 11 is 5.99. The molecule has 0 aliphatic heterocycles. The molecule has 0 atom stereocenters. The van der Waals surface area contributed by atoms with Crippen molar-refractivity contribution in [2.24, 2.45) is 0 Å². The zero-order valence-electron chi connectivity index (χ0n) is 18.3. The molecule has 168 valence electrons. The van der Waals surface area contributed by atoms with Crippen molar-refractivity contribution in [1.82, 2.24) is 9.78 Å². The molecule has 0 saturated carbocycles. The van der Waals surface area contributed by atoms with E-state index >= 15 is 0 Å². The van der Waals surface area contributed by atoms with Gasteiger partial charge in [0.2, 0.25) is 0 Å². The van der Waals surface area contributed by atoms with Crippen LogP contribution in [-0.2, 0) is 13.2 Å². The summed E-state index contributed by atoms with van der Waals surface area (Å²) in [6.07, 6.45) is 0. The van der Waals surface area contributed by atoms with E-state index in [1.54, 1.807) is 35.0 Å². The first-order valence-corrected chi connectivity index (χ1v) is 10.8. The maximum Gasteiger partial charge on any atom is 0.255 e. The predicted molar refractivity (Wildman–Crippen MR) is 127 cm³/mol. The number of hydrogen-bond donors (Lipinski definition) is 1. The van der Waals surface area contributed by atoms with Gasteiger partial charge in [-0.1, -0.05) is 41.9 Å². The van der Waals surface area contributed by atoms with E-state index in [4.69, 9.17) is 16.3 Å². The molecule has 0 spiro atoms. The Kier molecular flexibility index (Phi) is 6.75.